The summed E-state index contributed by atoms with van der Waals surface area (Å²) in [6.07, 6.45) is 5.38. The van der Waals surface area contributed by atoms with Crippen LogP contribution in [0.1, 0.15) is 61.9 Å². The Balaban J connectivity index is 1.99. The van der Waals surface area contributed by atoms with Crippen LogP contribution in [-0.2, 0) is 12.8 Å². The zero-order chi connectivity index (χ0) is 12.5. The van der Waals surface area contributed by atoms with Gasteiger partial charge in [-0.05, 0) is 49.7 Å². The van der Waals surface area contributed by atoms with Crippen LogP contribution in [0, 0.1) is 5.41 Å². The van der Waals surface area contributed by atoms with Gasteiger partial charge in [0, 0.05) is 22.3 Å². The lowest BCUT2D eigenvalue weighted by Crippen LogP contribution is -2.28. The molecule has 1 unspecified atom stereocenters. The lowest BCUT2D eigenvalue weighted by molar-refractivity contribution is 0.361. The normalized spacial score (nSPS) is 17.9. The largest absolute Gasteiger partial charge is 0.309 e. The molecule has 1 aromatic heterocycles. The van der Waals surface area contributed by atoms with Crippen LogP contribution in [-0.4, -0.2) is 6.54 Å². The molecule has 17 heavy (non-hydrogen) atoms. The molecular formula is C15H25NS. The molecule has 0 aromatic carbocycles. The van der Waals surface area contributed by atoms with Crippen LogP contribution in [0.4, 0.5) is 0 Å². The fraction of sp³-hybridized carbons (Fsp3) is 0.733. The van der Waals surface area contributed by atoms with Gasteiger partial charge in [0.15, 0.2) is 0 Å². The molecule has 1 N–H and O–H groups in total. The van der Waals surface area contributed by atoms with E-state index in [0.717, 1.165) is 6.54 Å². The maximum absolute atomic E-state index is 3.66. The minimum atomic E-state index is 0.366. The van der Waals surface area contributed by atoms with Gasteiger partial charge >= 0.3 is 0 Å². The zero-order valence-corrected chi connectivity index (χ0v) is 12.4. The molecule has 0 saturated carbocycles. The maximum Gasteiger partial charge on any atom is 0.0386 e. The number of hydrogen-bond acceptors (Lipinski definition) is 2. The summed E-state index contributed by atoms with van der Waals surface area (Å²) in [5, 5.41) is 3.66. The Hall–Kier alpha value is -0.340. The second kappa shape index (κ2) is 5.11. The Labute approximate surface area is 110 Å². The van der Waals surface area contributed by atoms with Crippen LogP contribution in [0.2, 0.25) is 0 Å². The molecule has 0 saturated heterocycles. The predicted octanol–water partition coefficient (Wildman–Crippen LogP) is 4.32. The van der Waals surface area contributed by atoms with Crippen molar-refractivity contribution in [3.05, 3.63) is 21.4 Å². The number of thiophene rings is 1. The molecule has 0 aliphatic heterocycles. The van der Waals surface area contributed by atoms with Crippen molar-refractivity contribution in [3.63, 3.8) is 0 Å². The molecule has 1 nitrogen and oxygen atoms in total. The van der Waals surface area contributed by atoms with E-state index >= 15 is 0 Å². The quantitative estimate of drug-likeness (QED) is 0.843. The van der Waals surface area contributed by atoms with E-state index in [1.54, 1.807) is 10.4 Å². The summed E-state index contributed by atoms with van der Waals surface area (Å²) in [4.78, 5) is 3.18. The maximum atomic E-state index is 3.66. The molecule has 0 spiro atoms. The summed E-state index contributed by atoms with van der Waals surface area (Å²) in [6, 6.07) is 2.95. The Morgan fingerprint density at radius 2 is 2.00 bits per heavy atom. The van der Waals surface area contributed by atoms with Crippen LogP contribution in [0.25, 0.3) is 0 Å². The molecule has 0 fully saturated rings. The standard InChI is InChI=1S/C15H25NS/c1-11(16-10-15(2,3)4)14-9-12-7-5-6-8-13(12)17-14/h9,11,16H,5-8,10H2,1-4H3. The first-order chi connectivity index (χ1) is 7.96. The van der Waals surface area contributed by atoms with Crippen molar-refractivity contribution in [2.75, 3.05) is 6.54 Å². The average Bonchev–Trinajstić information content (AvgIpc) is 2.68. The number of hydrogen-bond donors (Lipinski definition) is 1. The number of rotatable bonds is 3. The van der Waals surface area contributed by atoms with Crippen LogP contribution >= 0.6 is 11.3 Å². The van der Waals surface area contributed by atoms with E-state index in [0.29, 0.717) is 11.5 Å². The molecule has 0 bridgehead atoms. The van der Waals surface area contributed by atoms with Gasteiger partial charge in [-0.1, -0.05) is 20.8 Å². The van der Waals surface area contributed by atoms with Crippen LogP contribution in [0.5, 0.6) is 0 Å². The van der Waals surface area contributed by atoms with Gasteiger partial charge in [-0.2, -0.15) is 0 Å². The summed E-state index contributed by atoms with van der Waals surface area (Å²) in [7, 11) is 0. The fourth-order valence-corrected chi connectivity index (χ4v) is 3.57. The molecule has 0 radical (unpaired) electrons. The highest BCUT2D eigenvalue weighted by Gasteiger charge is 2.18. The van der Waals surface area contributed by atoms with Crippen LogP contribution < -0.4 is 5.32 Å². The molecule has 1 aliphatic carbocycles. The third-order valence-corrected chi connectivity index (χ3v) is 4.80. The highest BCUT2D eigenvalue weighted by molar-refractivity contribution is 7.12. The topological polar surface area (TPSA) is 12.0 Å². The van der Waals surface area contributed by atoms with Crippen molar-refractivity contribution < 1.29 is 0 Å². The van der Waals surface area contributed by atoms with Gasteiger partial charge in [-0.3, -0.25) is 0 Å². The van der Waals surface area contributed by atoms with Gasteiger partial charge in [0.05, 0.1) is 0 Å². The average molecular weight is 251 g/mol. The number of nitrogens with one attached hydrogen (secondary N) is 1. The summed E-state index contributed by atoms with van der Waals surface area (Å²) in [5.41, 5.74) is 1.99. The molecular weight excluding hydrogens is 226 g/mol. The third kappa shape index (κ3) is 3.56. The van der Waals surface area contributed by atoms with Crippen LogP contribution in [0.15, 0.2) is 6.07 Å². The van der Waals surface area contributed by atoms with Crippen LogP contribution in [0.3, 0.4) is 0 Å². The van der Waals surface area contributed by atoms with Gasteiger partial charge < -0.3 is 5.32 Å². The van der Waals surface area contributed by atoms with Crippen molar-refractivity contribution in [1.82, 2.24) is 5.32 Å². The Kier molecular flexibility index (Phi) is 3.94. The first kappa shape index (κ1) is 13.1. The van der Waals surface area contributed by atoms with Crippen molar-refractivity contribution in [2.45, 2.75) is 59.4 Å². The first-order valence-corrected chi connectivity index (χ1v) is 7.62. The van der Waals surface area contributed by atoms with E-state index in [9.17, 15) is 0 Å². The lowest BCUT2D eigenvalue weighted by atomic mass is 9.96. The minimum absolute atomic E-state index is 0.366. The van der Waals surface area contributed by atoms with E-state index in [-0.39, 0.29) is 0 Å². The van der Waals surface area contributed by atoms with E-state index in [2.05, 4.69) is 39.1 Å². The number of fused-ring (bicyclic) bond motifs is 1. The van der Waals surface area contributed by atoms with Gasteiger partial charge in [0.25, 0.3) is 0 Å². The van der Waals surface area contributed by atoms with Gasteiger partial charge in [0.1, 0.15) is 0 Å². The number of aryl methyl sites for hydroxylation is 2. The molecule has 1 atom stereocenters. The SMILES string of the molecule is CC(NCC(C)(C)C)c1cc2c(s1)CCCC2. The molecule has 96 valence electrons. The zero-order valence-electron chi connectivity index (χ0n) is 11.6. The van der Waals surface area contributed by atoms with E-state index in [1.165, 1.54) is 30.6 Å². The predicted molar refractivity (Wildman–Crippen MR) is 76.8 cm³/mol. The van der Waals surface area contributed by atoms with Gasteiger partial charge in [-0.25, -0.2) is 0 Å². The molecule has 2 rings (SSSR count). The van der Waals surface area contributed by atoms with E-state index < -0.39 is 0 Å². The lowest BCUT2D eigenvalue weighted by Gasteiger charge is -2.22. The Bertz CT molecular complexity index is 349. The fourth-order valence-electron chi connectivity index (χ4n) is 2.29. The van der Waals surface area contributed by atoms with Gasteiger partial charge in [-0.15, -0.1) is 11.3 Å². The second-order valence-corrected chi connectivity index (χ2v) is 7.64. The molecule has 1 aliphatic rings. The highest BCUT2D eigenvalue weighted by Crippen LogP contribution is 2.32. The molecule has 0 amide bonds. The van der Waals surface area contributed by atoms with Crippen molar-refractivity contribution in [3.8, 4) is 0 Å². The Morgan fingerprint density at radius 3 is 2.65 bits per heavy atom. The summed E-state index contributed by atoms with van der Waals surface area (Å²) in [5.74, 6) is 0. The summed E-state index contributed by atoms with van der Waals surface area (Å²) >= 11 is 2.03. The third-order valence-electron chi connectivity index (χ3n) is 3.38. The van der Waals surface area contributed by atoms with Crippen molar-refractivity contribution in [2.24, 2.45) is 5.41 Å². The molecule has 1 heterocycles. The van der Waals surface area contributed by atoms with E-state index in [1.807, 2.05) is 11.3 Å². The van der Waals surface area contributed by atoms with Crippen molar-refractivity contribution in [1.29, 1.82) is 0 Å². The minimum Gasteiger partial charge on any atom is -0.309 e. The summed E-state index contributed by atoms with van der Waals surface area (Å²) < 4.78 is 0. The smallest absolute Gasteiger partial charge is 0.0386 e. The first-order valence-electron chi connectivity index (χ1n) is 6.80. The van der Waals surface area contributed by atoms with Crippen molar-refractivity contribution >= 4 is 11.3 Å². The molecule has 2 heteroatoms. The Morgan fingerprint density at radius 1 is 1.29 bits per heavy atom. The molecule has 1 aromatic rings. The highest BCUT2D eigenvalue weighted by atomic mass is 32.1. The second-order valence-electron chi connectivity index (χ2n) is 6.47. The summed E-state index contributed by atoms with van der Waals surface area (Å²) in [6.45, 7) is 10.2. The monoisotopic (exact) mass is 251 g/mol. The van der Waals surface area contributed by atoms with Gasteiger partial charge in [0.2, 0.25) is 0 Å². The van der Waals surface area contributed by atoms with E-state index in [4.69, 9.17) is 0 Å².